The standard InChI is InChI=1S/C24H23F2N3O3/c1-28(2)21-18(25)12-15(13-19(21)26)27-23(31)20-8-5-11-29(20)24(32)17-10-9-14-6-3-4-7-16(14)22(17)30/h3-4,6-7,9-10,12-13,20,30H,5,8,11H2,1-2H3,(H,27,31). The smallest absolute Gasteiger partial charge is 0.258 e. The van der Waals surface area contributed by atoms with Crippen molar-refractivity contribution in [2.45, 2.75) is 18.9 Å². The SMILES string of the molecule is CN(C)c1c(F)cc(NC(=O)C2CCCN2C(=O)c2ccc3ccccc3c2O)cc1F. The number of phenols is 1. The number of hydrogen-bond acceptors (Lipinski definition) is 4. The van der Waals surface area contributed by atoms with Crippen LogP contribution < -0.4 is 10.2 Å². The molecule has 0 radical (unpaired) electrons. The highest BCUT2D eigenvalue weighted by atomic mass is 19.1. The maximum Gasteiger partial charge on any atom is 0.258 e. The molecule has 2 N–H and O–H groups in total. The van der Waals surface area contributed by atoms with Gasteiger partial charge in [-0.05, 0) is 36.4 Å². The number of rotatable bonds is 4. The second-order valence-electron chi connectivity index (χ2n) is 8.01. The summed E-state index contributed by atoms with van der Waals surface area (Å²) in [5.41, 5.74) is -0.119. The Balaban J connectivity index is 1.57. The summed E-state index contributed by atoms with van der Waals surface area (Å²) < 4.78 is 28.5. The molecule has 1 atom stereocenters. The number of hydrogen-bond donors (Lipinski definition) is 2. The zero-order valence-corrected chi connectivity index (χ0v) is 17.7. The van der Waals surface area contributed by atoms with E-state index in [1.165, 1.54) is 30.0 Å². The van der Waals surface area contributed by atoms with E-state index in [0.717, 1.165) is 17.5 Å². The number of amides is 2. The number of nitrogens with one attached hydrogen (secondary N) is 1. The third-order valence-corrected chi connectivity index (χ3v) is 5.68. The van der Waals surface area contributed by atoms with Crippen LogP contribution in [0.3, 0.4) is 0 Å². The van der Waals surface area contributed by atoms with E-state index in [4.69, 9.17) is 0 Å². The predicted molar refractivity (Wildman–Crippen MR) is 119 cm³/mol. The lowest BCUT2D eigenvalue weighted by molar-refractivity contribution is -0.119. The summed E-state index contributed by atoms with van der Waals surface area (Å²) in [7, 11) is 3.04. The van der Waals surface area contributed by atoms with Gasteiger partial charge in [0.1, 0.15) is 17.5 Å². The molecule has 4 rings (SSSR count). The molecule has 3 aromatic rings. The molecule has 1 aliphatic heterocycles. The van der Waals surface area contributed by atoms with Crippen molar-refractivity contribution >= 4 is 34.0 Å². The van der Waals surface area contributed by atoms with Gasteiger partial charge < -0.3 is 20.2 Å². The molecule has 32 heavy (non-hydrogen) atoms. The third kappa shape index (κ3) is 3.84. The number of fused-ring (bicyclic) bond motifs is 1. The first-order chi connectivity index (χ1) is 15.3. The fourth-order valence-corrected chi connectivity index (χ4v) is 4.16. The maximum atomic E-state index is 14.3. The van der Waals surface area contributed by atoms with E-state index >= 15 is 0 Å². The highest BCUT2D eigenvalue weighted by Crippen LogP contribution is 2.32. The van der Waals surface area contributed by atoms with Gasteiger partial charge in [-0.25, -0.2) is 8.78 Å². The predicted octanol–water partition coefficient (Wildman–Crippen LogP) is 4.13. The van der Waals surface area contributed by atoms with E-state index in [2.05, 4.69) is 5.32 Å². The minimum absolute atomic E-state index is 0.0246. The van der Waals surface area contributed by atoms with Gasteiger partial charge >= 0.3 is 0 Å². The third-order valence-electron chi connectivity index (χ3n) is 5.68. The molecule has 1 unspecified atom stereocenters. The Hall–Kier alpha value is -3.68. The Labute approximate surface area is 184 Å². The highest BCUT2D eigenvalue weighted by Gasteiger charge is 2.35. The van der Waals surface area contributed by atoms with Crippen LogP contribution in [0.25, 0.3) is 10.8 Å². The first-order valence-electron chi connectivity index (χ1n) is 10.3. The summed E-state index contributed by atoms with van der Waals surface area (Å²) >= 11 is 0. The summed E-state index contributed by atoms with van der Waals surface area (Å²) in [6.45, 7) is 0.339. The van der Waals surface area contributed by atoms with Gasteiger partial charge in [-0.3, -0.25) is 9.59 Å². The number of aromatic hydroxyl groups is 1. The lowest BCUT2D eigenvalue weighted by Crippen LogP contribution is -2.43. The van der Waals surface area contributed by atoms with Crippen molar-refractivity contribution in [2.24, 2.45) is 0 Å². The maximum absolute atomic E-state index is 14.3. The lowest BCUT2D eigenvalue weighted by atomic mass is 10.0. The number of carbonyl (C=O) groups is 2. The fourth-order valence-electron chi connectivity index (χ4n) is 4.16. The van der Waals surface area contributed by atoms with Crippen molar-refractivity contribution in [2.75, 3.05) is 30.9 Å². The average Bonchev–Trinajstić information content (AvgIpc) is 3.23. The van der Waals surface area contributed by atoms with Crippen LogP contribution in [0.1, 0.15) is 23.2 Å². The number of halogens is 2. The second-order valence-corrected chi connectivity index (χ2v) is 8.01. The molecule has 166 valence electrons. The summed E-state index contributed by atoms with van der Waals surface area (Å²) in [6, 6.07) is 11.7. The largest absolute Gasteiger partial charge is 0.506 e. The van der Waals surface area contributed by atoms with E-state index in [-0.39, 0.29) is 22.7 Å². The van der Waals surface area contributed by atoms with Gasteiger partial charge in [0.2, 0.25) is 5.91 Å². The zero-order chi connectivity index (χ0) is 23.0. The molecule has 0 saturated carbocycles. The number of nitrogens with zero attached hydrogens (tertiary/aromatic N) is 2. The number of likely N-dealkylation sites (tertiary alicyclic amines) is 1. The van der Waals surface area contributed by atoms with Gasteiger partial charge in [-0.2, -0.15) is 0 Å². The van der Waals surface area contributed by atoms with Gasteiger partial charge in [0.25, 0.3) is 5.91 Å². The number of phenolic OH excluding ortho intramolecular Hbond substituents is 1. The topological polar surface area (TPSA) is 72.9 Å². The van der Waals surface area contributed by atoms with E-state index in [9.17, 15) is 23.5 Å². The Morgan fingerprint density at radius 1 is 1.09 bits per heavy atom. The average molecular weight is 439 g/mol. The second kappa shape index (κ2) is 8.45. The van der Waals surface area contributed by atoms with Crippen LogP contribution >= 0.6 is 0 Å². The molecule has 1 aliphatic rings. The molecule has 0 aliphatic carbocycles. The summed E-state index contributed by atoms with van der Waals surface area (Å²) in [5.74, 6) is -2.74. The molecule has 6 nitrogen and oxygen atoms in total. The molecule has 0 bridgehead atoms. The Morgan fingerprint density at radius 2 is 1.78 bits per heavy atom. The molecule has 1 fully saturated rings. The first-order valence-corrected chi connectivity index (χ1v) is 10.3. The van der Waals surface area contributed by atoms with Gasteiger partial charge in [0.05, 0.1) is 5.56 Å². The normalized spacial score (nSPS) is 15.8. The lowest BCUT2D eigenvalue weighted by Gasteiger charge is -2.25. The van der Waals surface area contributed by atoms with E-state index in [0.29, 0.717) is 24.8 Å². The van der Waals surface area contributed by atoms with E-state index in [1.54, 1.807) is 18.2 Å². The highest BCUT2D eigenvalue weighted by molar-refractivity contribution is 6.06. The van der Waals surface area contributed by atoms with E-state index in [1.807, 2.05) is 12.1 Å². The van der Waals surface area contributed by atoms with Crippen LogP contribution in [-0.2, 0) is 4.79 Å². The Morgan fingerprint density at radius 3 is 2.47 bits per heavy atom. The minimum Gasteiger partial charge on any atom is -0.506 e. The molecule has 0 spiro atoms. The minimum atomic E-state index is -0.812. The quantitative estimate of drug-likeness (QED) is 0.641. The van der Waals surface area contributed by atoms with Crippen molar-refractivity contribution in [3.8, 4) is 5.75 Å². The van der Waals surface area contributed by atoms with Crippen LogP contribution in [-0.4, -0.2) is 48.5 Å². The molecule has 1 heterocycles. The van der Waals surface area contributed by atoms with Crippen molar-refractivity contribution in [1.29, 1.82) is 0 Å². The van der Waals surface area contributed by atoms with Crippen molar-refractivity contribution < 1.29 is 23.5 Å². The molecule has 8 heteroatoms. The molecule has 1 saturated heterocycles. The van der Waals surface area contributed by atoms with Gasteiger partial charge in [0.15, 0.2) is 11.6 Å². The van der Waals surface area contributed by atoms with Crippen LogP contribution in [0.4, 0.5) is 20.2 Å². The van der Waals surface area contributed by atoms with Crippen LogP contribution in [0.2, 0.25) is 0 Å². The zero-order valence-electron chi connectivity index (χ0n) is 17.7. The molecule has 0 aromatic heterocycles. The molecular weight excluding hydrogens is 416 g/mol. The van der Waals surface area contributed by atoms with E-state index < -0.39 is 29.5 Å². The first kappa shape index (κ1) is 21.5. The summed E-state index contributed by atoms with van der Waals surface area (Å²) in [4.78, 5) is 28.7. The molecule has 3 aromatic carbocycles. The number of benzene rings is 3. The van der Waals surface area contributed by atoms with Gasteiger partial charge in [-0.1, -0.05) is 30.3 Å². The number of anilines is 2. The van der Waals surface area contributed by atoms with Gasteiger partial charge in [0, 0.05) is 31.7 Å². The Bertz CT molecular complexity index is 1190. The fraction of sp³-hybridized carbons (Fsp3) is 0.250. The van der Waals surface area contributed by atoms with Crippen LogP contribution in [0.5, 0.6) is 5.75 Å². The van der Waals surface area contributed by atoms with Crippen LogP contribution in [0, 0.1) is 11.6 Å². The summed E-state index contributed by atoms with van der Waals surface area (Å²) in [5, 5.41) is 14.5. The molecular formula is C24H23F2N3O3. The van der Waals surface area contributed by atoms with Crippen molar-refractivity contribution in [1.82, 2.24) is 4.90 Å². The number of carbonyl (C=O) groups excluding carboxylic acids is 2. The van der Waals surface area contributed by atoms with Gasteiger partial charge in [-0.15, -0.1) is 0 Å². The van der Waals surface area contributed by atoms with Crippen molar-refractivity contribution in [3.63, 3.8) is 0 Å². The van der Waals surface area contributed by atoms with Crippen molar-refractivity contribution in [3.05, 3.63) is 65.7 Å². The summed E-state index contributed by atoms with van der Waals surface area (Å²) in [6.07, 6.45) is 1.01. The Kier molecular flexibility index (Phi) is 5.69. The van der Waals surface area contributed by atoms with Crippen LogP contribution in [0.15, 0.2) is 48.5 Å². The molecule has 2 amide bonds. The monoisotopic (exact) mass is 439 g/mol.